The van der Waals surface area contributed by atoms with Crippen molar-refractivity contribution in [3.8, 4) is 0 Å². The van der Waals surface area contributed by atoms with Crippen LogP contribution in [0.2, 0.25) is 0 Å². The Bertz CT molecular complexity index is 1190. The number of rotatable bonds is 5. The molecule has 1 amide bonds. The molecule has 172 valence electrons. The molecule has 0 bridgehead atoms. The van der Waals surface area contributed by atoms with Gasteiger partial charge in [0.25, 0.3) is 5.91 Å². The Morgan fingerprint density at radius 3 is 2.48 bits per heavy atom. The maximum absolute atomic E-state index is 13.6. The third kappa shape index (κ3) is 4.92. The Labute approximate surface area is 198 Å². The highest BCUT2D eigenvalue weighted by Gasteiger charge is 2.39. The van der Waals surface area contributed by atoms with Gasteiger partial charge in [0.05, 0.1) is 6.42 Å². The van der Waals surface area contributed by atoms with E-state index in [1.54, 1.807) is 16.7 Å². The number of hydrogen-bond acceptors (Lipinski definition) is 4. The van der Waals surface area contributed by atoms with Gasteiger partial charge in [-0.05, 0) is 46.2 Å². The van der Waals surface area contributed by atoms with Gasteiger partial charge in [-0.3, -0.25) is 9.59 Å². The fourth-order valence-corrected chi connectivity index (χ4v) is 4.80. The number of amides is 1. The molecular formula is C27H29NO4S. The lowest BCUT2D eigenvalue weighted by Gasteiger charge is -2.31. The molecule has 5 nitrogen and oxygen atoms in total. The first kappa shape index (κ1) is 23.3. The third-order valence-corrected chi connectivity index (χ3v) is 6.47. The molecule has 1 aliphatic heterocycles. The molecule has 6 heteroatoms. The van der Waals surface area contributed by atoms with Crippen molar-refractivity contribution in [3.63, 3.8) is 0 Å². The van der Waals surface area contributed by atoms with Gasteiger partial charge in [-0.25, -0.2) is 0 Å². The fourth-order valence-electron chi connectivity index (χ4n) is 4.36. The van der Waals surface area contributed by atoms with E-state index in [2.05, 4.69) is 26.8 Å². The lowest BCUT2D eigenvalue weighted by molar-refractivity contribution is -0.147. The number of hydrogen-bond donors (Lipinski definition) is 1. The number of aliphatic carboxylic acids is 1. The van der Waals surface area contributed by atoms with E-state index in [1.807, 2.05) is 60.9 Å². The Kier molecular flexibility index (Phi) is 6.50. The summed E-state index contributed by atoms with van der Waals surface area (Å²) < 4.78 is 6.42. The van der Waals surface area contributed by atoms with Crippen LogP contribution in [0.5, 0.6) is 0 Å². The number of fused-ring (bicyclic) bond motifs is 2. The van der Waals surface area contributed by atoms with Crippen LogP contribution in [0, 0.1) is 5.41 Å². The van der Waals surface area contributed by atoms with Gasteiger partial charge in [0.15, 0.2) is 0 Å². The normalized spacial score (nSPS) is 18.8. The van der Waals surface area contributed by atoms with Crippen molar-refractivity contribution < 1.29 is 19.4 Å². The van der Waals surface area contributed by atoms with Gasteiger partial charge in [0.2, 0.25) is 0 Å². The van der Waals surface area contributed by atoms with Crippen LogP contribution in [0.15, 0.2) is 65.6 Å². The largest absolute Gasteiger partial charge is 0.481 e. The van der Waals surface area contributed by atoms with Crippen molar-refractivity contribution in [3.05, 3.63) is 71.8 Å². The quantitative estimate of drug-likeness (QED) is 0.477. The average molecular weight is 464 g/mol. The standard InChI is InChI=1S/C27H29NO4S/c1-27(2,3)16-28-22-13-12-18(33-4)14-21(22)25(32-23(26(28)31)15-24(29)30)20-11-7-9-17-8-5-6-10-19(17)20/h5-14,23,25H,15-16H2,1-4H3,(H,29,30)/t23-,25-/m0/s1. The molecule has 0 saturated heterocycles. The molecule has 3 aromatic rings. The summed E-state index contributed by atoms with van der Waals surface area (Å²) in [5.41, 5.74) is 2.40. The van der Waals surface area contributed by atoms with E-state index in [-0.39, 0.29) is 17.7 Å². The molecule has 0 aliphatic carbocycles. The van der Waals surface area contributed by atoms with Crippen molar-refractivity contribution in [1.29, 1.82) is 0 Å². The van der Waals surface area contributed by atoms with Gasteiger partial charge in [0, 0.05) is 22.7 Å². The number of carbonyl (C=O) groups is 2. The first-order chi connectivity index (χ1) is 15.7. The maximum Gasteiger partial charge on any atom is 0.306 e. The van der Waals surface area contributed by atoms with Crippen LogP contribution in [0.1, 0.15) is 44.4 Å². The van der Waals surface area contributed by atoms with E-state index < -0.39 is 18.2 Å². The molecule has 1 heterocycles. The van der Waals surface area contributed by atoms with Crippen LogP contribution in [0.3, 0.4) is 0 Å². The predicted octanol–water partition coefficient (Wildman–Crippen LogP) is 5.90. The summed E-state index contributed by atoms with van der Waals surface area (Å²) in [7, 11) is 0. The summed E-state index contributed by atoms with van der Waals surface area (Å²) in [6.07, 6.45) is -0.0304. The van der Waals surface area contributed by atoms with Crippen molar-refractivity contribution >= 4 is 40.1 Å². The molecule has 0 unspecified atom stereocenters. The monoisotopic (exact) mass is 463 g/mol. The van der Waals surface area contributed by atoms with E-state index in [9.17, 15) is 14.7 Å². The molecule has 1 aliphatic rings. The number of ether oxygens (including phenoxy) is 1. The summed E-state index contributed by atoms with van der Waals surface area (Å²) in [6.45, 7) is 6.66. The number of carboxylic acid groups (broad SMARTS) is 1. The van der Waals surface area contributed by atoms with E-state index in [0.29, 0.717) is 6.54 Å². The maximum atomic E-state index is 13.6. The van der Waals surface area contributed by atoms with Gasteiger partial charge in [-0.2, -0.15) is 0 Å². The highest BCUT2D eigenvalue weighted by Crippen LogP contribution is 2.43. The number of carboxylic acids is 1. The Balaban J connectivity index is 1.97. The number of nitrogens with zero attached hydrogens (tertiary/aromatic N) is 1. The predicted molar refractivity (Wildman–Crippen MR) is 133 cm³/mol. The van der Waals surface area contributed by atoms with Crippen LogP contribution >= 0.6 is 11.8 Å². The SMILES string of the molecule is CSc1ccc2c(c1)[C@H](c1cccc3ccccc13)O[C@@H](CC(=O)O)C(=O)N2CC(C)(C)C. The van der Waals surface area contributed by atoms with Crippen molar-refractivity contribution in [2.45, 2.75) is 44.3 Å². The van der Waals surface area contributed by atoms with Crippen LogP contribution < -0.4 is 4.90 Å². The van der Waals surface area contributed by atoms with Gasteiger partial charge in [0.1, 0.15) is 12.2 Å². The molecule has 0 radical (unpaired) electrons. The molecule has 0 saturated carbocycles. The zero-order valence-electron chi connectivity index (χ0n) is 19.4. The van der Waals surface area contributed by atoms with E-state index in [4.69, 9.17) is 4.74 Å². The van der Waals surface area contributed by atoms with Crippen molar-refractivity contribution in [2.24, 2.45) is 5.41 Å². The molecule has 0 aromatic heterocycles. The molecule has 3 aromatic carbocycles. The Hall–Kier alpha value is -2.83. The third-order valence-electron chi connectivity index (χ3n) is 5.75. The highest BCUT2D eigenvalue weighted by molar-refractivity contribution is 7.98. The molecule has 33 heavy (non-hydrogen) atoms. The molecular weight excluding hydrogens is 434 g/mol. The zero-order valence-corrected chi connectivity index (χ0v) is 20.2. The fraction of sp³-hybridized carbons (Fsp3) is 0.333. The smallest absolute Gasteiger partial charge is 0.306 e. The first-order valence-electron chi connectivity index (χ1n) is 11.0. The van der Waals surface area contributed by atoms with Gasteiger partial charge < -0.3 is 14.7 Å². The van der Waals surface area contributed by atoms with E-state index in [1.165, 1.54) is 0 Å². The number of thioether (sulfide) groups is 1. The van der Waals surface area contributed by atoms with Crippen LogP contribution in [-0.2, 0) is 14.3 Å². The van der Waals surface area contributed by atoms with Crippen molar-refractivity contribution in [1.82, 2.24) is 0 Å². The molecule has 2 atom stereocenters. The zero-order chi connectivity index (χ0) is 23.8. The second kappa shape index (κ2) is 9.20. The second-order valence-corrected chi connectivity index (χ2v) is 10.5. The van der Waals surface area contributed by atoms with Gasteiger partial charge in [-0.1, -0.05) is 63.2 Å². The van der Waals surface area contributed by atoms with E-state index in [0.717, 1.165) is 32.5 Å². The molecule has 1 N–H and O–H groups in total. The summed E-state index contributed by atoms with van der Waals surface area (Å²) in [4.78, 5) is 28.1. The second-order valence-electron chi connectivity index (χ2n) is 9.58. The summed E-state index contributed by atoms with van der Waals surface area (Å²) in [5.74, 6) is -1.37. The van der Waals surface area contributed by atoms with E-state index >= 15 is 0 Å². The number of carbonyl (C=O) groups excluding carboxylic acids is 1. The lowest BCUT2D eigenvalue weighted by Crippen LogP contribution is -2.44. The topological polar surface area (TPSA) is 66.8 Å². The molecule has 0 fully saturated rings. The van der Waals surface area contributed by atoms with Crippen LogP contribution in [-0.4, -0.2) is 35.9 Å². The highest BCUT2D eigenvalue weighted by atomic mass is 32.2. The molecule has 0 spiro atoms. The van der Waals surface area contributed by atoms with Crippen molar-refractivity contribution in [2.75, 3.05) is 17.7 Å². The minimum Gasteiger partial charge on any atom is -0.481 e. The number of anilines is 1. The van der Waals surface area contributed by atoms with Crippen LogP contribution in [0.25, 0.3) is 10.8 Å². The summed E-state index contributed by atoms with van der Waals surface area (Å²) in [6, 6.07) is 20.1. The first-order valence-corrected chi connectivity index (χ1v) is 12.2. The Morgan fingerprint density at radius 1 is 1.06 bits per heavy atom. The summed E-state index contributed by atoms with van der Waals surface area (Å²) >= 11 is 1.62. The van der Waals surface area contributed by atoms with Gasteiger partial charge >= 0.3 is 5.97 Å². The lowest BCUT2D eigenvalue weighted by atomic mass is 9.93. The van der Waals surface area contributed by atoms with Crippen LogP contribution in [0.4, 0.5) is 5.69 Å². The number of benzene rings is 3. The molecule has 4 rings (SSSR count). The minimum atomic E-state index is -1.08. The summed E-state index contributed by atoms with van der Waals surface area (Å²) in [5, 5.41) is 11.7. The Morgan fingerprint density at radius 2 is 1.79 bits per heavy atom. The minimum absolute atomic E-state index is 0.182. The van der Waals surface area contributed by atoms with Gasteiger partial charge in [-0.15, -0.1) is 11.8 Å². The average Bonchev–Trinajstić information content (AvgIpc) is 2.87.